The molecule has 0 spiro atoms. The molecule has 4 nitrogen and oxygen atoms in total. The van der Waals surface area contributed by atoms with Gasteiger partial charge in [-0.25, -0.2) is 4.98 Å². The summed E-state index contributed by atoms with van der Waals surface area (Å²) in [5.41, 5.74) is 5.89. The van der Waals surface area contributed by atoms with Crippen molar-refractivity contribution in [2.45, 2.75) is 13.8 Å². The molecule has 0 saturated heterocycles. The summed E-state index contributed by atoms with van der Waals surface area (Å²) in [5, 5.41) is 2.13. The number of carbonyl (C=O) groups is 1. The first-order valence-corrected chi connectivity index (χ1v) is 5.07. The van der Waals surface area contributed by atoms with Crippen LogP contribution in [0.2, 0.25) is 0 Å². The molecule has 0 bridgehead atoms. The number of carbonyl (C=O) groups excluding carboxylic acids is 1. The molecule has 1 heterocycles. The molecule has 0 radical (unpaired) electrons. The van der Waals surface area contributed by atoms with E-state index in [2.05, 4.69) is 4.98 Å². The van der Waals surface area contributed by atoms with Crippen LogP contribution in [0.25, 0.3) is 0 Å². The van der Waals surface area contributed by atoms with E-state index in [-0.39, 0.29) is 5.91 Å². The minimum atomic E-state index is -0.0436. The monoisotopic (exact) mass is 199 g/mol. The Morgan fingerprint density at radius 3 is 2.62 bits per heavy atom. The zero-order chi connectivity index (χ0) is 9.84. The van der Waals surface area contributed by atoms with Crippen molar-refractivity contribution in [3.63, 3.8) is 0 Å². The summed E-state index contributed by atoms with van der Waals surface area (Å²) in [4.78, 5) is 17.3. The van der Waals surface area contributed by atoms with E-state index in [1.54, 1.807) is 10.3 Å². The van der Waals surface area contributed by atoms with Gasteiger partial charge < -0.3 is 10.6 Å². The SMILES string of the molecule is CCN(CC)C(=O)c1csc(N)n1. The van der Waals surface area contributed by atoms with Gasteiger partial charge in [0.2, 0.25) is 0 Å². The molecule has 72 valence electrons. The van der Waals surface area contributed by atoms with E-state index in [1.807, 2.05) is 13.8 Å². The number of amides is 1. The number of thiazole rings is 1. The Hall–Kier alpha value is -1.10. The number of nitrogens with zero attached hydrogens (tertiary/aromatic N) is 2. The minimum Gasteiger partial charge on any atom is -0.375 e. The minimum absolute atomic E-state index is 0.0436. The van der Waals surface area contributed by atoms with Gasteiger partial charge in [-0.3, -0.25) is 4.79 Å². The van der Waals surface area contributed by atoms with Gasteiger partial charge in [0, 0.05) is 18.5 Å². The van der Waals surface area contributed by atoms with Crippen LogP contribution in [0.3, 0.4) is 0 Å². The lowest BCUT2D eigenvalue weighted by Gasteiger charge is -2.16. The number of anilines is 1. The number of hydrogen-bond donors (Lipinski definition) is 1. The molecule has 1 rings (SSSR count). The summed E-state index contributed by atoms with van der Waals surface area (Å²) in [6.45, 7) is 5.29. The predicted octanol–water partition coefficient (Wildman–Crippen LogP) is 1.21. The van der Waals surface area contributed by atoms with Crippen LogP contribution in [0.4, 0.5) is 5.13 Å². The van der Waals surface area contributed by atoms with Crippen LogP contribution >= 0.6 is 11.3 Å². The van der Waals surface area contributed by atoms with Crippen molar-refractivity contribution < 1.29 is 4.79 Å². The van der Waals surface area contributed by atoms with E-state index in [0.29, 0.717) is 23.9 Å². The van der Waals surface area contributed by atoms with E-state index in [9.17, 15) is 4.79 Å². The predicted molar refractivity (Wildman–Crippen MR) is 53.8 cm³/mol. The first-order valence-electron chi connectivity index (χ1n) is 4.19. The van der Waals surface area contributed by atoms with Gasteiger partial charge in [0.15, 0.2) is 5.13 Å². The van der Waals surface area contributed by atoms with Crippen LogP contribution in [0.1, 0.15) is 24.3 Å². The van der Waals surface area contributed by atoms with E-state index >= 15 is 0 Å². The topological polar surface area (TPSA) is 59.2 Å². The average molecular weight is 199 g/mol. The molecule has 0 aliphatic rings. The van der Waals surface area contributed by atoms with Crippen molar-refractivity contribution in [3.05, 3.63) is 11.1 Å². The average Bonchev–Trinajstić information content (AvgIpc) is 2.54. The Morgan fingerprint density at radius 1 is 1.62 bits per heavy atom. The second-order valence-corrected chi connectivity index (χ2v) is 3.44. The fraction of sp³-hybridized carbons (Fsp3) is 0.500. The van der Waals surface area contributed by atoms with Crippen molar-refractivity contribution in [1.82, 2.24) is 9.88 Å². The maximum Gasteiger partial charge on any atom is 0.273 e. The van der Waals surface area contributed by atoms with Gasteiger partial charge >= 0.3 is 0 Å². The van der Waals surface area contributed by atoms with Crippen LogP contribution in [0.15, 0.2) is 5.38 Å². The lowest BCUT2D eigenvalue weighted by atomic mass is 10.4. The lowest BCUT2D eigenvalue weighted by Crippen LogP contribution is -2.30. The molecule has 1 amide bonds. The van der Waals surface area contributed by atoms with E-state index in [0.717, 1.165) is 0 Å². The molecular weight excluding hydrogens is 186 g/mol. The maximum atomic E-state index is 11.6. The Labute approximate surface area is 81.4 Å². The highest BCUT2D eigenvalue weighted by molar-refractivity contribution is 7.13. The Bertz CT molecular complexity index is 293. The molecule has 1 aromatic heterocycles. The molecule has 0 aliphatic carbocycles. The maximum absolute atomic E-state index is 11.6. The zero-order valence-corrected chi connectivity index (χ0v) is 8.60. The van der Waals surface area contributed by atoms with Gasteiger partial charge in [-0.15, -0.1) is 11.3 Å². The van der Waals surface area contributed by atoms with Crippen molar-refractivity contribution >= 4 is 22.4 Å². The molecule has 0 atom stereocenters. The quantitative estimate of drug-likeness (QED) is 0.796. The van der Waals surface area contributed by atoms with E-state index in [1.165, 1.54) is 11.3 Å². The Balaban J connectivity index is 2.78. The largest absolute Gasteiger partial charge is 0.375 e. The highest BCUT2D eigenvalue weighted by atomic mass is 32.1. The summed E-state index contributed by atoms with van der Waals surface area (Å²) in [7, 11) is 0. The summed E-state index contributed by atoms with van der Waals surface area (Å²) >= 11 is 1.29. The molecule has 2 N–H and O–H groups in total. The van der Waals surface area contributed by atoms with Crippen molar-refractivity contribution in [1.29, 1.82) is 0 Å². The third-order valence-electron chi connectivity index (χ3n) is 1.79. The standard InChI is InChI=1S/C8H13N3OS/c1-3-11(4-2)7(12)6-5-13-8(9)10-6/h5H,3-4H2,1-2H3,(H2,9,10). The van der Waals surface area contributed by atoms with Gasteiger partial charge in [0.1, 0.15) is 5.69 Å². The third-order valence-corrected chi connectivity index (χ3v) is 2.47. The molecule has 0 saturated carbocycles. The van der Waals surface area contributed by atoms with Crippen molar-refractivity contribution in [3.8, 4) is 0 Å². The highest BCUT2D eigenvalue weighted by Gasteiger charge is 2.14. The van der Waals surface area contributed by atoms with Gasteiger partial charge in [-0.2, -0.15) is 0 Å². The normalized spacial score (nSPS) is 10.0. The number of nitrogen functional groups attached to an aromatic ring is 1. The number of aromatic nitrogens is 1. The Morgan fingerprint density at radius 2 is 2.23 bits per heavy atom. The smallest absolute Gasteiger partial charge is 0.273 e. The number of nitrogens with two attached hydrogens (primary N) is 1. The molecular formula is C8H13N3OS. The molecule has 5 heteroatoms. The lowest BCUT2D eigenvalue weighted by molar-refractivity contribution is 0.0768. The van der Waals surface area contributed by atoms with Crippen LogP contribution in [0.5, 0.6) is 0 Å². The fourth-order valence-corrected chi connectivity index (χ4v) is 1.60. The van der Waals surface area contributed by atoms with Crippen molar-refractivity contribution in [2.24, 2.45) is 0 Å². The number of hydrogen-bond acceptors (Lipinski definition) is 4. The first kappa shape index (κ1) is 9.98. The highest BCUT2D eigenvalue weighted by Crippen LogP contribution is 2.12. The van der Waals surface area contributed by atoms with Gasteiger partial charge in [0.05, 0.1) is 0 Å². The number of rotatable bonds is 3. The molecule has 1 aromatic rings. The van der Waals surface area contributed by atoms with Crippen LogP contribution in [0, 0.1) is 0 Å². The molecule has 0 fully saturated rings. The second kappa shape index (κ2) is 4.23. The fourth-order valence-electron chi connectivity index (χ4n) is 1.06. The van der Waals surface area contributed by atoms with Crippen molar-refractivity contribution in [2.75, 3.05) is 18.8 Å². The summed E-state index contributed by atoms with van der Waals surface area (Å²) < 4.78 is 0. The molecule has 0 aromatic carbocycles. The first-order chi connectivity index (χ1) is 6.19. The molecule has 13 heavy (non-hydrogen) atoms. The van der Waals surface area contributed by atoms with Crippen LogP contribution in [-0.2, 0) is 0 Å². The second-order valence-electron chi connectivity index (χ2n) is 2.55. The van der Waals surface area contributed by atoms with Gasteiger partial charge in [-0.05, 0) is 13.8 Å². The third kappa shape index (κ3) is 2.18. The molecule has 0 unspecified atom stereocenters. The van der Waals surface area contributed by atoms with E-state index in [4.69, 9.17) is 5.73 Å². The Kier molecular flexibility index (Phi) is 3.25. The summed E-state index contributed by atoms with van der Waals surface area (Å²) in [6, 6.07) is 0. The van der Waals surface area contributed by atoms with Gasteiger partial charge in [0.25, 0.3) is 5.91 Å². The zero-order valence-electron chi connectivity index (χ0n) is 7.78. The van der Waals surface area contributed by atoms with Crippen LogP contribution < -0.4 is 5.73 Å². The van der Waals surface area contributed by atoms with Crippen LogP contribution in [-0.4, -0.2) is 28.9 Å². The van der Waals surface area contributed by atoms with Gasteiger partial charge in [-0.1, -0.05) is 0 Å². The van der Waals surface area contributed by atoms with E-state index < -0.39 is 0 Å². The summed E-state index contributed by atoms with van der Waals surface area (Å²) in [6.07, 6.45) is 0. The molecule has 0 aliphatic heterocycles. The summed E-state index contributed by atoms with van der Waals surface area (Å²) in [5.74, 6) is -0.0436.